The van der Waals surface area contributed by atoms with Crippen LogP contribution in [0.25, 0.3) is 6.08 Å². The lowest BCUT2D eigenvalue weighted by Crippen LogP contribution is -2.14. The van der Waals surface area contributed by atoms with Crippen molar-refractivity contribution < 1.29 is 9.72 Å². The van der Waals surface area contributed by atoms with E-state index in [1.54, 1.807) is 0 Å². The van der Waals surface area contributed by atoms with Gasteiger partial charge in [-0.25, -0.2) is 0 Å². The van der Waals surface area contributed by atoms with Crippen molar-refractivity contribution in [1.82, 2.24) is 0 Å². The lowest BCUT2D eigenvalue weighted by molar-refractivity contribution is -0.384. The number of thiophene rings is 1. The average Bonchev–Trinajstić information content (AvgIpc) is 2.91. The van der Waals surface area contributed by atoms with Gasteiger partial charge in [0.2, 0.25) is 0 Å². The van der Waals surface area contributed by atoms with Crippen molar-refractivity contribution in [2.24, 2.45) is 0 Å². The van der Waals surface area contributed by atoms with Gasteiger partial charge in [0.25, 0.3) is 11.6 Å². The number of halogens is 1. The van der Waals surface area contributed by atoms with E-state index in [1.807, 2.05) is 24.4 Å². The van der Waals surface area contributed by atoms with Crippen molar-refractivity contribution in [3.63, 3.8) is 0 Å². The second-order valence-corrected chi connectivity index (χ2v) is 5.87. The van der Waals surface area contributed by atoms with Gasteiger partial charge in [-0.3, -0.25) is 14.9 Å². The number of amides is 1. The van der Waals surface area contributed by atoms with E-state index in [9.17, 15) is 14.9 Å². The number of carbonyl (C=O) groups excluding carboxylic acids is 1. The maximum absolute atomic E-state index is 12.2. The predicted molar refractivity (Wildman–Crippen MR) is 89.4 cm³/mol. The Balaban J connectivity index is 2.29. The smallest absolute Gasteiger partial charge is 0.271 e. The minimum Gasteiger partial charge on any atom is -0.320 e. The van der Waals surface area contributed by atoms with Gasteiger partial charge in [0.15, 0.2) is 0 Å². The molecule has 23 heavy (non-hydrogen) atoms. The summed E-state index contributed by atoms with van der Waals surface area (Å²) in [5.74, 6) is -0.678. The summed E-state index contributed by atoms with van der Waals surface area (Å²) in [5.41, 5.74) is 0.707. The van der Waals surface area contributed by atoms with Gasteiger partial charge in [-0.1, -0.05) is 11.6 Å². The number of nitrogens with zero attached hydrogens (tertiary/aromatic N) is 2. The molecule has 1 heterocycles. The van der Waals surface area contributed by atoms with Gasteiger partial charge in [0, 0.05) is 17.0 Å². The van der Waals surface area contributed by atoms with Gasteiger partial charge in [-0.2, -0.15) is 5.26 Å². The highest BCUT2D eigenvalue weighted by atomic mass is 35.5. The van der Waals surface area contributed by atoms with Crippen LogP contribution in [0.3, 0.4) is 0 Å². The standard InChI is InChI=1S/C15H10ClN3O3S/c1-9-4-5-23-14(9)6-10(8-17)15(20)18-13-7-11(19(21)22)2-3-12(13)16/h2-7H,1H3,(H,18,20)/b10-6+. The third-order valence-electron chi connectivity index (χ3n) is 2.95. The number of aryl methyl sites for hydroxylation is 1. The molecular weight excluding hydrogens is 338 g/mol. The predicted octanol–water partition coefficient (Wildman–Crippen LogP) is 4.16. The highest BCUT2D eigenvalue weighted by molar-refractivity contribution is 7.11. The van der Waals surface area contributed by atoms with Crippen LogP contribution in [-0.2, 0) is 4.79 Å². The summed E-state index contributed by atoms with van der Waals surface area (Å²) in [4.78, 5) is 23.2. The first kappa shape index (κ1) is 16.7. The molecule has 116 valence electrons. The Morgan fingerprint density at radius 1 is 1.48 bits per heavy atom. The van der Waals surface area contributed by atoms with Gasteiger partial charge in [0.1, 0.15) is 11.6 Å². The molecule has 6 nitrogen and oxygen atoms in total. The van der Waals surface area contributed by atoms with Gasteiger partial charge in [0.05, 0.1) is 15.6 Å². The fourth-order valence-electron chi connectivity index (χ4n) is 1.72. The summed E-state index contributed by atoms with van der Waals surface area (Å²) in [5, 5.41) is 24.4. The van der Waals surface area contributed by atoms with Crippen LogP contribution in [0.1, 0.15) is 10.4 Å². The molecule has 2 rings (SSSR count). The molecule has 0 aliphatic rings. The number of anilines is 1. The number of benzene rings is 1. The number of nitro groups is 1. The molecule has 0 saturated carbocycles. The molecule has 0 spiro atoms. The lowest BCUT2D eigenvalue weighted by Gasteiger charge is -2.06. The largest absolute Gasteiger partial charge is 0.320 e. The first-order valence-corrected chi connectivity index (χ1v) is 7.59. The second kappa shape index (κ2) is 7.05. The molecule has 0 bridgehead atoms. The Kier molecular flexibility index (Phi) is 5.11. The average molecular weight is 348 g/mol. The number of rotatable bonds is 4. The summed E-state index contributed by atoms with van der Waals surface area (Å²) >= 11 is 7.33. The molecule has 0 aliphatic heterocycles. The van der Waals surface area contributed by atoms with E-state index in [1.165, 1.54) is 29.5 Å². The van der Waals surface area contributed by atoms with Gasteiger partial charge in [-0.15, -0.1) is 11.3 Å². The number of carbonyl (C=O) groups is 1. The van der Waals surface area contributed by atoms with Gasteiger partial charge < -0.3 is 5.32 Å². The van der Waals surface area contributed by atoms with Crippen molar-refractivity contribution >= 4 is 46.3 Å². The summed E-state index contributed by atoms with van der Waals surface area (Å²) in [6.45, 7) is 1.87. The zero-order valence-corrected chi connectivity index (χ0v) is 13.4. The van der Waals surface area contributed by atoms with Crippen molar-refractivity contribution in [2.45, 2.75) is 6.92 Å². The third-order valence-corrected chi connectivity index (χ3v) is 4.25. The number of nitriles is 1. The molecular formula is C15H10ClN3O3S. The zero-order valence-electron chi connectivity index (χ0n) is 11.9. The number of hydrogen-bond acceptors (Lipinski definition) is 5. The van der Waals surface area contributed by atoms with E-state index in [0.717, 1.165) is 16.5 Å². The Morgan fingerprint density at radius 2 is 2.22 bits per heavy atom. The molecule has 1 N–H and O–H groups in total. The molecule has 1 aromatic carbocycles. The monoisotopic (exact) mass is 347 g/mol. The Labute approximate surface area is 140 Å². The topological polar surface area (TPSA) is 96.0 Å². The first-order chi connectivity index (χ1) is 10.9. The molecule has 0 fully saturated rings. The number of hydrogen-bond donors (Lipinski definition) is 1. The number of non-ortho nitro benzene ring substituents is 1. The van der Waals surface area contributed by atoms with Crippen LogP contribution >= 0.6 is 22.9 Å². The summed E-state index contributed by atoms with van der Waals surface area (Å²) in [6.07, 6.45) is 1.47. The van der Waals surface area contributed by atoms with E-state index in [2.05, 4.69) is 5.32 Å². The molecule has 8 heteroatoms. The zero-order chi connectivity index (χ0) is 17.0. The molecule has 1 amide bonds. The van der Waals surface area contributed by atoms with E-state index in [0.29, 0.717) is 0 Å². The quantitative estimate of drug-likeness (QED) is 0.388. The van der Waals surface area contributed by atoms with Crippen molar-refractivity contribution in [1.29, 1.82) is 5.26 Å². The number of nitro benzene ring substituents is 1. The van der Waals surface area contributed by atoms with E-state index in [-0.39, 0.29) is 22.0 Å². The maximum Gasteiger partial charge on any atom is 0.271 e. The maximum atomic E-state index is 12.2. The molecule has 0 atom stereocenters. The summed E-state index contributed by atoms with van der Waals surface area (Å²) < 4.78 is 0. The van der Waals surface area contributed by atoms with E-state index in [4.69, 9.17) is 16.9 Å². The van der Waals surface area contributed by atoms with Crippen molar-refractivity contribution in [3.05, 3.63) is 60.8 Å². The van der Waals surface area contributed by atoms with Crippen LogP contribution < -0.4 is 5.32 Å². The fourth-order valence-corrected chi connectivity index (χ4v) is 2.75. The molecule has 0 unspecified atom stereocenters. The van der Waals surface area contributed by atoms with E-state index >= 15 is 0 Å². The first-order valence-electron chi connectivity index (χ1n) is 6.33. The minimum atomic E-state index is -0.678. The molecule has 1 aromatic heterocycles. The Hall–Kier alpha value is -2.69. The number of nitrogens with one attached hydrogen (secondary N) is 1. The van der Waals surface area contributed by atoms with Crippen LogP contribution in [-0.4, -0.2) is 10.8 Å². The van der Waals surface area contributed by atoms with Crippen LogP contribution in [0.15, 0.2) is 35.2 Å². The van der Waals surface area contributed by atoms with Crippen molar-refractivity contribution in [2.75, 3.05) is 5.32 Å². The second-order valence-electron chi connectivity index (χ2n) is 4.51. The van der Waals surface area contributed by atoms with Crippen LogP contribution in [0.5, 0.6) is 0 Å². The van der Waals surface area contributed by atoms with Gasteiger partial charge in [-0.05, 0) is 36.1 Å². The lowest BCUT2D eigenvalue weighted by atomic mass is 10.2. The third kappa shape index (κ3) is 3.94. The Bertz CT molecular complexity index is 852. The van der Waals surface area contributed by atoms with Crippen LogP contribution in [0.4, 0.5) is 11.4 Å². The molecule has 0 aliphatic carbocycles. The van der Waals surface area contributed by atoms with Crippen molar-refractivity contribution in [3.8, 4) is 6.07 Å². The summed E-state index contributed by atoms with van der Waals surface area (Å²) in [7, 11) is 0. The highest BCUT2D eigenvalue weighted by Crippen LogP contribution is 2.27. The molecule has 2 aromatic rings. The molecule has 0 radical (unpaired) electrons. The molecule has 0 saturated heterocycles. The SMILES string of the molecule is Cc1ccsc1/C=C(\C#N)C(=O)Nc1cc([N+](=O)[O-])ccc1Cl. The normalized spacial score (nSPS) is 10.9. The van der Waals surface area contributed by atoms with Gasteiger partial charge >= 0.3 is 0 Å². The Morgan fingerprint density at radius 3 is 2.78 bits per heavy atom. The van der Waals surface area contributed by atoms with E-state index < -0.39 is 10.8 Å². The fraction of sp³-hybridized carbons (Fsp3) is 0.0667. The van der Waals surface area contributed by atoms with Crippen LogP contribution in [0, 0.1) is 28.4 Å². The summed E-state index contributed by atoms with van der Waals surface area (Å²) in [6, 6.07) is 7.39. The highest BCUT2D eigenvalue weighted by Gasteiger charge is 2.15. The minimum absolute atomic E-state index is 0.0786. The van der Waals surface area contributed by atoms with Crippen LogP contribution in [0.2, 0.25) is 5.02 Å².